The molecular weight excluding hydrogens is 290 g/mol. The molecule has 1 aliphatic rings. The highest BCUT2D eigenvalue weighted by Gasteiger charge is 2.15. The molecule has 1 saturated heterocycles. The minimum Gasteiger partial charge on any atom is -0.492 e. The summed E-state index contributed by atoms with van der Waals surface area (Å²) in [5, 5.41) is 3.35. The standard InChI is InChI=1S/C19H23NO3/c1-2-7-17(8-3-1)22-13-11-20-16-6-4-9-18(14-16)23-15-19-10-5-12-21-19/h1-4,6-9,14,19-20H,5,10-13,15H2. The van der Waals surface area contributed by atoms with Crippen LogP contribution in [0.25, 0.3) is 0 Å². The topological polar surface area (TPSA) is 39.7 Å². The van der Waals surface area contributed by atoms with Crippen LogP contribution in [0.3, 0.4) is 0 Å². The van der Waals surface area contributed by atoms with Gasteiger partial charge in [-0.1, -0.05) is 24.3 Å². The van der Waals surface area contributed by atoms with Crippen molar-refractivity contribution in [3.05, 3.63) is 54.6 Å². The second-order valence-electron chi connectivity index (χ2n) is 5.56. The molecule has 0 saturated carbocycles. The van der Waals surface area contributed by atoms with Gasteiger partial charge in [0, 0.05) is 24.9 Å². The van der Waals surface area contributed by atoms with Gasteiger partial charge in [-0.25, -0.2) is 0 Å². The van der Waals surface area contributed by atoms with Crippen molar-refractivity contribution in [1.82, 2.24) is 0 Å². The number of hydrogen-bond donors (Lipinski definition) is 1. The summed E-state index contributed by atoms with van der Waals surface area (Å²) >= 11 is 0. The van der Waals surface area contributed by atoms with Crippen LogP contribution in [0, 0.1) is 0 Å². The molecule has 2 aromatic carbocycles. The second kappa shape index (κ2) is 8.44. The first-order valence-electron chi connectivity index (χ1n) is 8.16. The number of hydrogen-bond acceptors (Lipinski definition) is 4. The van der Waals surface area contributed by atoms with Crippen molar-refractivity contribution >= 4 is 5.69 Å². The van der Waals surface area contributed by atoms with Crippen molar-refractivity contribution < 1.29 is 14.2 Å². The van der Waals surface area contributed by atoms with E-state index >= 15 is 0 Å². The lowest BCUT2D eigenvalue weighted by Gasteiger charge is -2.13. The molecule has 1 atom stereocenters. The summed E-state index contributed by atoms with van der Waals surface area (Å²) in [7, 11) is 0. The zero-order valence-electron chi connectivity index (χ0n) is 13.2. The van der Waals surface area contributed by atoms with E-state index in [1.165, 1.54) is 0 Å². The fourth-order valence-corrected chi connectivity index (χ4v) is 2.54. The van der Waals surface area contributed by atoms with E-state index in [4.69, 9.17) is 14.2 Å². The monoisotopic (exact) mass is 313 g/mol. The molecule has 1 N–H and O–H groups in total. The van der Waals surface area contributed by atoms with E-state index in [0.717, 1.165) is 43.2 Å². The highest BCUT2D eigenvalue weighted by atomic mass is 16.5. The molecule has 0 bridgehead atoms. The maximum absolute atomic E-state index is 5.81. The maximum atomic E-state index is 5.81. The third-order valence-electron chi connectivity index (χ3n) is 3.74. The predicted octanol–water partition coefficient (Wildman–Crippen LogP) is 3.74. The lowest BCUT2D eigenvalue weighted by molar-refractivity contribution is 0.0680. The van der Waals surface area contributed by atoms with E-state index < -0.39 is 0 Å². The minimum atomic E-state index is 0.242. The van der Waals surface area contributed by atoms with Crippen LogP contribution in [0.2, 0.25) is 0 Å². The second-order valence-corrected chi connectivity index (χ2v) is 5.56. The Morgan fingerprint density at radius 1 is 1.00 bits per heavy atom. The molecule has 1 unspecified atom stereocenters. The first-order chi connectivity index (χ1) is 11.4. The Balaban J connectivity index is 1.40. The number of para-hydroxylation sites is 1. The Bertz CT molecular complexity index is 582. The fourth-order valence-electron chi connectivity index (χ4n) is 2.54. The molecule has 4 nitrogen and oxygen atoms in total. The Morgan fingerprint density at radius 2 is 1.87 bits per heavy atom. The minimum absolute atomic E-state index is 0.242. The summed E-state index contributed by atoms with van der Waals surface area (Å²) in [5.41, 5.74) is 1.03. The van der Waals surface area contributed by atoms with E-state index in [9.17, 15) is 0 Å². The van der Waals surface area contributed by atoms with E-state index in [1.807, 2.05) is 54.6 Å². The highest BCUT2D eigenvalue weighted by molar-refractivity contribution is 5.48. The van der Waals surface area contributed by atoms with Gasteiger partial charge in [0.25, 0.3) is 0 Å². The summed E-state index contributed by atoms with van der Waals surface area (Å²) < 4.78 is 17.0. The van der Waals surface area contributed by atoms with Gasteiger partial charge in [-0.15, -0.1) is 0 Å². The normalized spacial score (nSPS) is 17.0. The zero-order chi connectivity index (χ0) is 15.7. The first-order valence-corrected chi connectivity index (χ1v) is 8.16. The van der Waals surface area contributed by atoms with Gasteiger partial charge in [-0.05, 0) is 37.1 Å². The molecule has 1 aliphatic heterocycles. The molecule has 122 valence electrons. The lowest BCUT2D eigenvalue weighted by atomic mass is 10.2. The smallest absolute Gasteiger partial charge is 0.121 e. The van der Waals surface area contributed by atoms with Crippen molar-refractivity contribution in [3.63, 3.8) is 0 Å². The van der Waals surface area contributed by atoms with Crippen molar-refractivity contribution in [2.45, 2.75) is 18.9 Å². The van der Waals surface area contributed by atoms with Gasteiger partial charge >= 0.3 is 0 Å². The number of rotatable bonds is 8. The predicted molar refractivity (Wildman–Crippen MR) is 91.3 cm³/mol. The number of nitrogens with one attached hydrogen (secondary N) is 1. The summed E-state index contributed by atoms with van der Waals surface area (Å²) in [6, 6.07) is 17.8. The number of anilines is 1. The zero-order valence-corrected chi connectivity index (χ0v) is 13.2. The average molecular weight is 313 g/mol. The summed E-state index contributed by atoms with van der Waals surface area (Å²) in [5.74, 6) is 1.76. The number of benzene rings is 2. The van der Waals surface area contributed by atoms with E-state index in [-0.39, 0.29) is 6.10 Å². The van der Waals surface area contributed by atoms with Crippen LogP contribution in [0.15, 0.2) is 54.6 Å². The molecule has 0 radical (unpaired) electrons. The Labute approximate surface area is 137 Å². The maximum Gasteiger partial charge on any atom is 0.121 e. The lowest BCUT2D eigenvalue weighted by Crippen LogP contribution is -2.16. The Hall–Kier alpha value is -2.20. The quantitative estimate of drug-likeness (QED) is 0.754. The van der Waals surface area contributed by atoms with Gasteiger partial charge in [0.15, 0.2) is 0 Å². The third kappa shape index (κ3) is 5.18. The molecule has 0 amide bonds. The molecule has 4 heteroatoms. The van der Waals surface area contributed by atoms with Crippen molar-refractivity contribution in [2.24, 2.45) is 0 Å². The van der Waals surface area contributed by atoms with Crippen molar-refractivity contribution in [2.75, 3.05) is 31.7 Å². The molecule has 0 aromatic heterocycles. The van der Waals surface area contributed by atoms with Gasteiger partial charge in [0.1, 0.15) is 24.7 Å². The summed E-state index contributed by atoms with van der Waals surface area (Å²) in [6.45, 7) is 2.84. The average Bonchev–Trinajstić information content (AvgIpc) is 3.12. The number of ether oxygens (including phenoxy) is 3. The van der Waals surface area contributed by atoms with Crippen LogP contribution >= 0.6 is 0 Å². The van der Waals surface area contributed by atoms with Crippen LogP contribution in [0.5, 0.6) is 11.5 Å². The van der Waals surface area contributed by atoms with Crippen LogP contribution < -0.4 is 14.8 Å². The SMILES string of the molecule is c1ccc(OCCNc2cccc(OCC3CCCO3)c2)cc1. The van der Waals surface area contributed by atoms with Crippen LogP contribution in [0.1, 0.15) is 12.8 Å². The molecule has 0 aliphatic carbocycles. The van der Waals surface area contributed by atoms with Gasteiger partial charge in [-0.2, -0.15) is 0 Å². The van der Waals surface area contributed by atoms with Crippen molar-refractivity contribution in [1.29, 1.82) is 0 Å². The van der Waals surface area contributed by atoms with Crippen molar-refractivity contribution in [3.8, 4) is 11.5 Å². The van der Waals surface area contributed by atoms with Gasteiger partial charge in [-0.3, -0.25) is 0 Å². The van der Waals surface area contributed by atoms with E-state index in [1.54, 1.807) is 0 Å². The molecule has 2 aromatic rings. The molecule has 1 heterocycles. The van der Waals surface area contributed by atoms with Gasteiger partial charge in [0.2, 0.25) is 0 Å². The molecule has 23 heavy (non-hydrogen) atoms. The van der Waals surface area contributed by atoms with Gasteiger partial charge in [0.05, 0.1) is 6.10 Å². The van der Waals surface area contributed by atoms with Gasteiger partial charge < -0.3 is 19.5 Å². The molecule has 0 spiro atoms. The largest absolute Gasteiger partial charge is 0.492 e. The summed E-state index contributed by atoms with van der Waals surface area (Å²) in [4.78, 5) is 0. The molecular formula is C19H23NO3. The highest BCUT2D eigenvalue weighted by Crippen LogP contribution is 2.19. The van der Waals surface area contributed by atoms with Crippen LogP contribution in [0.4, 0.5) is 5.69 Å². The van der Waals surface area contributed by atoms with Crippen LogP contribution in [-0.2, 0) is 4.74 Å². The van der Waals surface area contributed by atoms with Crippen LogP contribution in [-0.4, -0.2) is 32.5 Å². The molecule has 1 fully saturated rings. The fraction of sp³-hybridized carbons (Fsp3) is 0.368. The van der Waals surface area contributed by atoms with E-state index in [0.29, 0.717) is 13.2 Å². The first kappa shape index (κ1) is 15.7. The summed E-state index contributed by atoms with van der Waals surface area (Å²) in [6.07, 6.45) is 2.47. The Kier molecular flexibility index (Phi) is 5.75. The Morgan fingerprint density at radius 3 is 2.70 bits per heavy atom. The third-order valence-corrected chi connectivity index (χ3v) is 3.74. The van der Waals surface area contributed by atoms with E-state index in [2.05, 4.69) is 5.32 Å². The molecule has 3 rings (SSSR count).